The van der Waals surface area contributed by atoms with Gasteiger partial charge in [0.05, 0.1) is 40.6 Å². The van der Waals surface area contributed by atoms with Crippen molar-refractivity contribution in [2.24, 2.45) is 0 Å². The molecule has 0 aliphatic rings. The summed E-state index contributed by atoms with van der Waals surface area (Å²) >= 11 is 0. The van der Waals surface area contributed by atoms with Gasteiger partial charge in [0, 0.05) is 0 Å². The molecule has 0 unspecified atom stereocenters. The van der Waals surface area contributed by atoms with Crippen LogP contribution in [0, 0.1) is 0 Å². The van der Waals surface area contributed by atoms with E-state index in [1.54, 1.807) is 76.6 Å². The molecule has 0 N–H and O–H groups in total. The molecule has 0 aromatic heterocycles. The molecule has 0 saturated carbocycles. The van der Waals surface area contributed by atoms with Gasteiger partial charge < -0.3 is 28.4 Å². The van der Waals surface area contributed by atoms with Crippen molar-refractivity contribution in [3.63, 3.8) is 0 Å². The first-order valence-electron chi connectivity index (χ1n) is 10.3. The SMILES string of the molecule is CCOC(=O)[C@@H](OCc1ccc(OC)cc1)[C@H](OCc1ccc(OC)cc1)C(=O)OCC. The fourth-order valence-electron chi connectivity index (χ4n) is 2.82. The summed E-state index contributed by atoms with van der Waals surface area (Å²) in [6.07, 6.45) is -2.59. The van der Waals surface area contributed by atoms with Crippen molar-refractivity contribution >= 4 is 11.9 Å². The van der Waals surface area contributed by atoms with Crippen LogP contribution in [-0.4, -0.2) is 51.6 Å². The number of ether oxygens (including phenoxy) is 6. The third-order valence-corrected chi connectivity index (χ3v) is 4.49. The molecule has 32 heavy (non-hydrogen) atoms. The minimum atomic E-state index is -1.30. The standard InChI is InChI=1S/C24H30O8/c1-5-29-23(25)21(31-15-17-7-11-19(27-3)12-8-17)22(24(26)30-6-2)32-16-18-9-13-20(28-4)14-10-18/h7-14,21-22H,5-6,15-16H2,1-4H3/t21-,22-/m0/s1. The maximum absolute atomic E-state index is 12.6. The van der Waals surface area contributed by atoms with Crippen LogP contribution in [0.4, 0.5) is 0 Å². The Bertz CT molecular complexity index is 761. The minimum absolute atomic E-state index is 0.0648. The highest BCUT2D eigenvalue weighted by atomic mass is 16.6. The predicted octanol–water partition coefficient (Wildman–Crippen LogP) is 3.30. The first-order valence-corrected chi connectivity index (χ1v) is 10.3. The number of rotatable bonds is 13. The quantitative estimate of drug-likeness (QED) is 0.433. The van der Waals surface area contributed by atoms with Crippen molar-refractivity contribution in [1.82, 2.24) is 0 Å². The number of esters is 2. The lowest BCUT2D eigenvalue weighted by Crippen LogP contribution is -2.45. The molecule has 0 radical (unpaired) electrons. The van der Waals surface area contributed by atoms with Crippen LogP contribution in [0.15, 0.2) is 48.5 Å². The van der Waals surface area contributed by atoms with Gasteiger partial charge in [-0.05, 0) is 49.2 Å². The van der Waals surface area contributed by atoms with E-state index < -0.39 is 24.1 Å². The van der Waals surface area contributed by atoms with Gasteiger partial charge in [-0.15, -0.1) is 0 Å². The van der Waals surface area contributed by atoms with Crippen molar-refractivity contribution in [3.8, 4) is 11.5 Å². The molecule has 0 saturated heterocycles. The highest BCUT2D eigenvalue weighted by molar-refractivity contribution is 5.85. The van der Waals surface area contributed by atoms with E-state index in [9.17, 15) is 9.59 Å². The van der Waals surface area contributed by atoms with Crippen LogP contribution >= 0.6 is 0 Å². The molecular weight excluding hydrogens is 416 g/mol. The van der Waals surface area contributed by atoms with Gasteiger partial charge in [-0.2, -0.15) is 0 Å². The molecule has 0 aliphatic carbocycles. The van der Waals surface area contributed by atoms with Crippen molar-refractivity contribution < 1.29 is 38.0 Å². The predicted molar refractivity (Wildman–Crippen MR) is 116 cm³/mol. The molecule has 0 bridgehead atoms. The van der Waals surface area contributed by atoms with Crippen molar-refractivity contribution in [2.45, 2.75) is 39.3 Å². The molecule has 0 aliphatic heterocycles. The second kappa shape index (κ2) is 13.3. The van der Waals surface area contributed by atoms with E-state index in [0.717, 1.165) is 11.1 Å². The van der Waals surface area contributed by atoms with Crippen LogP contribution in [0.1, 0.15) is 25.0 Å². The number of hydrogen-bond acceptors (Lipinski definition) is 8. The molecule has 2 atom stereocenters. The number of carbonyl (C=O) groups is 2. The second-order valence-corrected chi connectivity index (χ2v) is 6.66. The Morgan fingerprint density at radius 1 is 0.656 bits per heavy atom. The second-order valence-electron chi connectivity index (χ2n) is 6.66. The average Bonchev–Trinajstić information content (AvgIpc) is 2.82. The van der Waals surface area contributed by atoms with E-state index in [2.05, 4.69) is 0 Å². The Hall–Kier alpha value is -3.10. The highest BCUT2D eigenvalue weighted by Gasteiger charge is 2.38. The van der Waals surface area contributed by atoms with Crippen LogP contribution in [-0.2, 0) is 41.8 Å². The van der Waals surface area contributed by atoms with Gasteiger partial charge in [-0.25, -0.2) is 9.59 Å². The van der Waals surface area contributed by atoms with Crippen molar-refractivity contribution in [2.75, 3.05) is 27.4 Å². The Morgan fingerprint density at radius 3 is 1.28 bits per heavy atom. The Balaban J connectivity index is 2.18. The summed E-state index contributed by atoms with van der Waals surface area (Å²) in [5.41, 5.74) is 1.58. The van der Waals surface area contributed by atoms with Crippen LogP contribution < -0.4 is 9.47 Å². The molecule has 2 aromatic carbocycles. The fourth-order valence-corrected chi connectivity index (χ4v) is 2.82. The molecule has 0 amide bonds. The highest BCUT2D eigenvalue weighted by Crippen LogP contribution is 2.18. The summed E-state index contributed by atoms with van der Waals surface area (Å²) in [5, 5.41) is 0. The number of hydrogen-bond donors (Lipinski definition) is 0. The smallest absolute Gasteiger partial charge is 0.338 e. The van der Waals surface area contributed by atoms with Gasteiger partial charge in [-0.1, -0.05) is 24.3 Å². The van der Waals surface area contributed by atoms with Gasteiger partial charge >= 0.3 is 11.9 Å². The van der Waals surface area contributed by atoms with Crippen LogP contribution in [0.5, 0.6) is 11.5 Å². The molecule has 8 nitrogen and oxygen atoms in total. The van der Waals surface area contributed by atoms with E-state index in [-0.39, 0.29) is 26.4 Å². The third kappa shape index (κ3) is 7.55. The lowest BCUT2D eigenvalue weighted by Gasteiger charge is -2.24. The maximum atomic E-state index is 12.6. The average molecular weight is 446 g/mol. The maximum Gasteiger partial charge on any atom is 0.338 e. The van der Waals surface area contributed by atoms with Gasteiger partial charge in [0.15, 0.2) is 12.2 Å². The summed E-state index contributed by atoms with van der Waals surface area (Å²) < 4.78 is 32.2. The molecule has 0 fully saturated rings. The minimum Gasteiger partial charge on any atom is -0.497 e. The van der Waals surface area contributed by atoms with Crippen molar-refractivity contribution in [3.05, 3.63) is 59.7 Å². The van der Waals surface area contributed by atoms with Crippen LogP contribution in [0.3, 0.4) is 0 Å². The number of carbonyl (C=O) groups excluding carboxylic acids is 2. The molecule has 0 heterocycles. The van der Waals surface area contributed by atoms with E-state index in [1.165, 1.54) is 0 Å². The molecular formula is C24H30O8. The van der Waals surface area contributed by atoms with Gasteiger partial charge in [0.25, 0.3) is 0 Å². The van der Waals surface area contributed by atoms with Crippen molar-refractivity contribution in [1.29, 1.82) is 0 Å². The van der Waals surface area contributed by atoms with Crippen LogP contribution in [0.2, 0.25) is 0 Å². The monoisotopic (exact) mass is 446 g/mol. The zero-order chi connectivity index (χ0) is 23.3. The van der Waals surface area contributed by atoms with E-state index in [1.807, 2.05) is 0 Å². The Morgan fingerprint density at radius 2 is 1.00 bits per heavy atom. The molecule has 174 valence electrons. The zero-order valence-corrected chi connectivity index (χ0v) is 18.9. The largest absolute Gasteiger partial charge is 0.497 e. The Labute approximate surface area is 188 Å². The van der Waals surface area contributed by atoms with Gasteiger partial charge in [0.2, 0.25) is 0 Å². The molecule has 2 rings (SSSR count). The van der Waals surface area contributed by atoms with E-state index in [4.69, 9.17) is 28.4 Å². The summed E-state index contributed by atoms with van der Waals surface area (Å²) in [6, 6.07) is 14.3. The molecule has 8 heteroatoms. The first-order chi connectivity index (χ1) is 15.5. The van der Waals surface area contributed by atoms with E-state index in [0.29, 0.717) is 11.5 Å². The molecule has 0 spiro atoms. The first kappa shape index (κ1) is 25.2. The summed E-state index contributed by atoms with van der Waals surface area (Å²) in [7, 11) is 3.15. The van der Waals surface area contributed by atoms with E-state index >= 15 is 0 Å². The zero-order valence-electron chi connectivity index (χ0n) is 18.9. The van der Waals surface area contributed by atoms with Gasteiger partial charge in [0.1, 0.15) is 11.5 Å². The normalized spacial score (nSPS) is 12.5. The lowest BCUT2D eigenvalue weighted by atomic mass is 10.1. The summed E-state index contributed by atoms with van der Waals surface area (Å²) in [6.45, 7) is 3.75. The third-order valence-electron chi connectivity index (χ3n) is 4.49. The van der Waals surface area contributed by atoms with Crippen LogP contribution in [0.25, 0.3) is 0 Å². The topological polar surface area (TPSA) is 89.5 Å². The Kier molecular flexibility index (Phi) is 10.5. The number of benzene rings is 2. The summed E-state index contributed by atoms with van der Waals surface area (Å²) in [5.74, 6) is -0.00609. The van der Waals surface area contributed by atoms with Gasteiger partial charge in [-0.3, -0.25) is 0 Å². The summed E-state index contributed by atoms with van der Waals surface area (Å²) in [4.78, 5) is 25.3. The fraction of sp³-hybridized carbons (Fsp3) is 0.417. The molecule has 2 aromatic rings. The lowest BCUT2D eigenvalue weighted by molar-refractivity contribution is -0.185. The number of methoxy groups -OCH3 is 2.